The fourth-order valence-electron chi connectivity index (χ4n) is 1.92. The molecule has 0 aliphatic carbocycles. The first-order valence-electron chi connectivity index (χ1n) is 4.38. The number of hydrogen-bond donors (Lipinski definition) is 0. The quantitative estimate of drug-likeness (QED) is 0.595. The maximum absolute atomic E-state index is 11.4. The van der Waals surface area contributed by atoms with Gasteiger partial charge in [0.1, 0.15) is 0 Å². The Morgan fingerprint density at radius 1 is 1.55 bits per heavy atom. The lowest BCUT2D eigenvalue weighted by Gasteiger charge is -2.33. The molecule has 0 unspecified atom stereocenters. The van der Waals surface area contributed by atoms with Crippen LogP contribution in [0.25, 0.3) is 0 Å². The van der Waals surface area contributed by atoms with Crippen LogP contribution in [0.1, 0.15) is 33.6 Å². The molecule has 2 heteroatoms. The second-order valence-electron chi connectivity index (χ2n) is 4.39. The fourth-order valence-corrected chi connectivity index (χ4v) is 3.91. The van der Waals surface area contributed by atoms with Crippen LogP contribution in [-0.2, 0) is 10.8 Å². The Bertz CT molecular complexity index is 163. The number of rotatable bonds is 1. The molecule has 0 spiro atoms. The van der Waals surface area contributed by atoms with Gasteiger partial charge in [0, 0.05) is 22.3 Å². The third-order valence-electron chi connectivity index (χ3n) is 2.39. The van der Waals surface area contributed by atoms with E-state index in [1.165, 1.54) is 12.8 Å². The minimum atomic E-state index is -0.540. The molecule has 0 aromatic rings. The van der Waals surface area contributed by atoms with E-state index in [1.807, 2.05) is 0 Å². The summed E-state index contributed by atoms with van der Waals surface area (Å²) in [5.74, 6) is 2.56. The number of hydrogen-bond acceptors (Lipinski definition) is 1. The Hall–Kier alpha value is 0.150. The molecular formula is C9H18OS. The molecule has 0 bridgehead atoms. The molecule has 1 rings (SSSR count). The first-order valence-corrected chi connectivity index (χ1v) is 5.87. The van der Waals surface area contributed by atoms with Gasteiger partial charge < -0.3 is 0 Å². The Morgan fingerprint density at radius 3 is 2.64 bits per heavy atom. The van der Waals surface area contributed by atoms with E-state index in [-0.39, 0.29) is 0 Å². The van der Waals surface area contributed by atoms with E-state index in [1.54, 1.807) is 0 Å². The highest BCUT2D eigenvalue weighted by molar-refractivity contribution is 7.85. The van der Waals surface area contributed by atoms with Crippen LogP contribution < -0.4 is 0 Å². The van der Waals surface area contributed by atoms with Gasteiger partial charge in [0.05, 0.1) is 0 Å². The van der Waals surface area contributed by atoms with E-state index >= 15 is 0 Å². The predicted octanol–water partition coefficient (Wildman–Crippen LogP) is 2.19. The highest BCUT2D eigenvalue weighted by Crippen LogP contribution is 2.33. The van der Waals surface area contributed by atoms with Crippen molar-refractivity contribution in [2.24, 2.45) is 11.3 Å². The molecule has 0 saturated carbocycles. The van der Waals surface area contributed by atoms with Crippen molar-refractivity contribution in [3.8, 4) is 0 Å². The molecule has 11 heavy (non-hydrogen) atoms. The van der Waals surface area contributed by atoms with Crippen LogP contribution >= 0.6 is 0 Å². The minimum absolute atomic E-state index is 0.323. The van der Waals surface area contributed by atoms with Gasteiger partial charge in [0.25, 0.3) is 0 Å². The van der Waals surface area contributed by atoms with Crippen molar-refractivity contribution in [2.45, 2.75) is 33.6 Å². The summed E-state index contributed by atoms with van der Waals surface area (Å²) in [6.07, 6.45) is 2.45. The predicted molar refractivity (Wildman–Crippen MR) is 50.1 cm³/mol. The molecule has 1 saturated heterocycles. The summed E-state index contributed by atoms with van der Waals surface area (Å²) in [7, 11) is -0.540. The van der Waals surface area contributed by atoms with Crippen molar-refractivity contribution in [2.75, 3.05) is 11.5 Å². The Labute approximate surface area is 72.0 Å². The van der Waals surface area contributed by atoms with Gasteiger partial charge >= 0.3 is 0 Å². The first kappa shape index (κ1) is 9.24. The molecule has 66 valence electrons. The van der Waals surface area contributed by atoms with Gasteiger partial charge in [-0.3, -0.25) is 4.21 Å². The minimum Gasteiger partial charge on any atom is -0.260 e. The normalized spacial score (nSPS) is 37.0. The van der Waals surface area contributed by atoms with E-state index in [0.717, 1.165) is 11.5 Å². The van der Waals surface area contributed by atoms with Crippen LogP contribution in [-0.4, -0.2) is 15.7 Å². The van der Waals surface area contributed by atoms with Gasteiger partial charge in [-0.05, 0) is 17.8 Å². The standard InChI is InChI=1S/C9H18OS/c1-4-8-5-9(2,3)7-11(10)6-8/h8H,4-7H2,1-3H3/t8-,11-/m1/s1. The van der Waals surface area contributed by atoms with Crippen LogP contribution in [0.5, 0.6) is 0 Å². The Morgan fingerprint density at radius 2 is 2.18 bits per heavy atom. The van der Waals surface area contributed by atoms with E-state index < -0.39 is 10.8 Å². The highest BCUT2D eigenvalue weighted by atomic mass is 32.2. The topological polar surface area (TPSA) is 17.1 Å². The maximum Gasteiger partial charge on any atom is 0.0286 e. The average molecular weight is 174 g/mol. The van der Waals surface area contributed by atoms with Gasteiger partial charge in [0.15, 0.2) is 0 Å². The maximum atomic E-state index is 11.4. The summed E-state index contributed by atoms with van der Waals surface area (Å²) in [6, 6.07) is 0. The lowest BCUT2D eigenvalue weighted by molar-refractivity contribution is 0.295. The molecule has 0 amide bonds. The molecule has 2 atom stereocenters. The monoisotopic (exact) mass is 174 g/mol. The lowest BCUT2D eigenvalue weighted by atomic mass is 9.84. The van der Waals surface area contributed by atoms with Gasteiger partial charge in [-0.2, -0.15) is 0 Å². The summed E-state index contributed by atoms with van der Waals surface area (Å²) in [5.41, 5.74) is 0.323. The van der Waals surface area contributed by atoms with Crippen LogP contribution in [0.4, 0.5) is 0 Å². The van der Waals surface area contributed by atoms with E-state index in [9.17, 15) is 4.21 Å². The fraction of sp³-hybridized carbons (Fsp3) is 1.00. The zero-order valence-electron chi connectivity index (χ0n) is 7.72. The summed E-state index contributed by atoms with van der Waals surface area (Å²) in [5, 5.41) is 0. The zero-order chi connectivity index (χ0) is 8.48. The van der Waals surface area contributed by atoms with Crippen LogP contribution in [0.3, 0.4) is 0 Å². The summed E-state index contributed by atoms with van der Waals surface area (Å²) < 4.78 is 11.4. The van der Waals surface area contributed by atoms with Crippen molar-refractivity contribution in [3.63, 3.8) is 0 Å². The van der Waals surface area contributed by atoms with E-state index in [2.05, 4.69) is 20.8 Å². The Kier molecular flexibility index (Phi) is 2.74. The van der Waals surface area contributed by atoms with Gasteiger partial charge in [-0.25, -0.2) is 0 Å². The first-order chi connectivity index (χ1) is 5.03. The summed E-state index contributed by atoms with van der Waals surface area (Å²) in [6.45, 7) is 6.66. The highest BCUT2D eigenvalue weighted by Gasteiger charge is 2.30. The van der Waals surface area contributed by atoms with Crippen molar-refractivity contribution in [1.82, 2.24) is 0 Å². The molecule has 0 aromatic heterocycles. The van der Waals surface area contributed by atoms with E-state index in [0.29, 0.717) is 11.3 Å². The zero-order valence-corrected chi connectivity index (χ0v) is 8.54. The molecule has 1 nitrogen and oxygen atoms in total. The van der Waals surface area contributed by atoms with Crippen LogP contribution in [0.15, 0.2) is 0 Å². The molecular weight excluding hydrogens is 156 g/mol. The smallest absolute Gasteiger partial charge is 0.0286 e. The van der Waals surface area contributed by atoms with Gasteiger partial charge in [-0.1, -0.05) is 27.2 Å². The van der Waals surface area contributed by atoms with Crippen molar-refractivity contribution >= 4 is 10.8 Å². The second-order valence-corrected chi connectivity index (χ2v) is 5.90. The third-order valence-corrected chi connectivity index (χ3v) is 4.34. The van der Waals surface area contributed by atoms with Crippen LogP contribution in [0.2, 0.25) is 0 Å². The molecule has 1 heterocycles. The van der Waals surface area contributed by atoms with Crippen molar-refractivity contribution in [1.29, 1.82) is 0 Å². The molecule has 1 aliphatic heterocycles. The summed E-state index contributed by atoms with van der Waals surface area (Å²) >= 11 is 0. The van der Waals surface area contributed by atoms with Gasteiger partial charge in [0.2, 0.25) is 0 Å². The van der Waals surface area contributed by atoms with Crippen molar-refractivity contribution in [3.05, 3.63) is 0 Å². The molecule has 0 N–H and O–H groups in total. The third kappa shape index (κ3) is 2.58. The second kappa shape index (κ2) is 3.26. The molecule has 1 aliphatic rings. The summed E-state index contributed by atoms with van der Waals surface area (Å²) in [4.78, 5) is 0. The SMILES string of the molecule is CC[C@H]1C[S@@](=O)CC(C)(C)C1. The molecule has 1 fully saturated rings. The largest absolute Gasteiger partial charge is 0.260 e. The lowest BCUT2D eigenvalue weighted by Crippen LogP contribution is -2.33. The van der Waals surface area contributed by atoms with Gasteiger partial charge in [-0.15, -0.1) is 0 Å². The van der Waals surface area contributed by atoms with E-state index in [4.69, 9.17) is 0 Å². The van der Waals surface area contributed by atoms with Crippen molar-refractivity contribution < 1.29 is 4.21 Å². The van der Waals surface area contributed by atoms with Crippen LogP contribution in [0, 0.1) is 11.3 Å². The Balaban J connectivity index is 2.58. The average Bonchev–Trinajstić information content (AvgIpc) is 1.83. The molecule has 0 aromatic carbocycles. The molecule has 0 radical (unpaired) electrons.